The Morgan fingerprint density at radius 1 is 1.08 bits per heavy atom. The lowest BCUT2D eigenvalue weighted by Gasteiger charge is -2.31. The normalized spacial score (nSPS) is 15.3. The zero-order valence-electron chi connectivity index (χ0n) is 21.6. The second-order valence-electron chi connectivity index (χ2n) is 10.0. The van der Waals surface area contributed by atoms with Crippen molar-refractivity contribution in [2.45, 2.75) is 51.9 Å². The van der Waals surface area contributed by atoms with E-state index in [2.05, 4.69) is 38.1 Å². The highest BCUT2D eigenvalue weighted by atomic mass is 35.5. The minimum absolute atomic E-state index is 0.0119. The van der Waals surface area contributed by atoms with E-state index in [4.69, 9.17) is 11.6 Å². The van der Waals surface area contributed by atoms with Gasteiger partial charge in [0, 0.05) is 43.0 Å². The van der Waals surface area contributed by atoms with Gasteiger partial charge in [-0.15, -0.1) is 0 Å². The number of benzene rings is 2. The van der Waals surface area contributed by atoms with Crippen molar-refractivity contribution in [2.75, 3.05) is 29.0 Å². The Balaban J connectivity index is 1.31. The van der Waals surface area contributed by atoms with E-state index in [1.807, 2.05) is 42.2 Å². The maximum absolute atomic E-state index is 13.0. The highest BCUT2D eigenvalue weighted by Gasteiger charge is 2.24. The van der Waals surface area contributed by atoms with Crippen molar-refractivity contribution in [3.05, 3.63) is 64.8 Å². The summed E-state index contributed by atoms with van der Waals surface area (Å²) in [7, 11) is 0. The molecule has 2 aromatic carbocycles. The van der Waals surface area contributed by atoms with Gasteiger partial charge in [0.15, 0.2) is 5.82 Å². The Hall–Kier alpha value is -3.65. The van der Waals surface area contributed by atoms with Gasteiger partial charge in [0.2, 0.25) is 17.8 Å². The Bertz CT molecular complexity index is 1320. The quantitative estimate of drug-likeness (QED) is 0.368. The number of anilines is 5. The van der Waals surface area contributed by atoms with Crippen molar-refractivity contribution < 1.29 is 9.59 Å². The number of hydrogen-bond acceptors (Lipinski definition) is 6. The molecule has 5 rings (SSSR count). The van der Waals surface area contributed by atoms with E-state index in [0.717, 1.165) is 67.8 Å². The first-order valence-electron chi connectivity index (χ1n) is 13.3. The maximum atomic E-state index is 13.0. The second kappa shape index (κ2) is 11.8. The third kappa shape index (κ3) is 6.42. The van der Waals surface area contributed by atoms with E-state index in [0.29, 0.717) is 29.6 Å². The molecule has 1 saturated heterocycles. The van der Waals surface area contributed by atoms with E-state index in [1.54, 1.807) is 6.20 Å². The van der Waals surface area contributed by atoms with Gasteiger partial charge in [-0.1, -0.05) is 30.7 Å². The van der Waals surface area contributed by atoms with Gasteiger partial charge in [-0.25, -0.2) is 4.98 Å². The van der Waals surface area contributed by atoms with E-state index in [1.165, 1.54) is 5.56 Å². The first kappa shape index (κ1) is 26.0. The van der Waals surface area contributed by atoms with Gasteiger partial charge in [-0.3, -0.25) is 9.59 Å². The molecule has 3 heterocycles. The lowest BCUT2D eigenvalue weighted by molar-refractivity contribution is -0.132. The van der Waals surface area contributed by atoms with Crippen molar-refractivity contribution in [2.24, 2.45) is 5.92 Å². The summed E-state index contributed by atoms with van der Waals surface area (Å²) < 4.78 is 0. The largest absolute Gasteiger partial charge is 0.343 e. The third-order valence-corrected chi connectivity index (χ3v) is 7.43. The van der Waals surface area contributed by atoms with Crippen LogP contribution in [-0.2, 0) is 22.4 Å². The number of carbonyl (C=O) groups is 2. The van der Waals surface area contributed by atoms with Crippen LogP contribution in [0.5, 0.6) is 0 Å². The molecule has 0 radical (unpaired) electrons. The zero-order valence-corrected chi connectivity index (χ0v) is 22.4. The van der Waals surface area contributed by atoms with E-state index in [9.17, 15) is 9.59 Å². The fourth-order valence-corrected chi connectivity index (χ4v) is 5.22. The number of carbonyl (C=O) groups excluding carboxylic acids is 2. The highest BCUT2D eigenvalue weighted by molar-refractivity contribution is 6.32. The fraction of sp³-hybridized carbons (Fsp3) is 0.379. The van der Waals surface area contributed by atoms with Gasteiger partial charge in [-0.05, 0) is 79.5 Å². The average molecular weight is 533 g/mol. The number of aryl methyl sites for hydroxylation is 2. The molecule has 1 fully saturated rings. The third-order valence-electron chi connectivity index (χ3n) is 7.16. The Labute approximate surface area is 228 Å². The number of halogens is 1. The SMILES string of the molecule is CCCC(=O)N1CCC(CC(=O)Nc2ccc3cc2CCc2cccc(c2)Nc2ncc(Cl)c(n2)N3)CC1. The molecule has 6 bridgehead atoms. The molecule has 3 N–H and O–H groups in total. The number of piperidine rings is 1. The van der Waals surface area contributed by atoms with Crippen LogP contribution in [0.25, 0.3) is 0 Å². The molecule has 38 heavy (non-hydrogen) atoms. The number of fused-ring (bicyclic) bond motifs is 6. The fourth-order valence-electron chi connectivity index (χ4n) is 5.09. The van der Waals surface area contributed by atoms with Gasteiger partial charge in [-0.2, -0.15) is 4.98 Å². The van der Waals surface area contributed by atoms with Gasteiger partial charge >= 0.3 is 0 Å². The van der Waals surface area contributed by atoms with Gasteiger partial charge < -0.3 is 20.9 Å². The van der Waals surface area contributed by atoms with E-state index in [-0.39, 0.29) is 17.7 Å². The van der Waals surface area contributed by atoms with Crippen LogP contribution in [0.3, 0.4) is 0 Å². The summed E-state index contributed by atoms with van der Waals surface area (Å²) in [6, 6.07) is 14.1. The molecular formula is C29H33ClN6O2. The molecule has 2 aliphatic heterocycles. The number of nitrogens with one attached hydrogen (secondary N) is 3. The molecular weight excluding hydrogens is 500 g/mol. The minimum Gasteiger partial charge on any atom is -0.343 e. The summed E-state index contributed by atoms with van der Waals surface area (Å²) in [5.41, 5.74) is 4.75. The molecule has 8 nitrogen and oxygen atoms in total. The number of rotatable bonds is 5. The first-order chi connectivity index (χ1) is 18.5. The minimum atomic E-state index is 0.0119. The Kier molecular flexibility index (Phi) is 8.08. The van der Waals surface area contributed by atoms with Crippen LogP contribution in [0.4, 0.5) is 28.8 Å². The summed E-state index contributed by atoms with van der Waals surface area (Å²) in [4.78, 5) is 36.0. The number of nitrogens with zero attached hydrogens (tertiary/aromatic N) is 3. The lowest BCUT2D eigenvalue weighted by Crippen LogP contribution is -2.39. The first-order valence-corrected chi connectivity index (χ1v) is 13.7. The molecule has 0 unspecified atom stereocenters. The number of likely N-dealkylation sites (tertiary alicyclic amines) is 1. The molecule has 1 aromatic heterocycles. The molecule has 0 spiro atoms. The molecule has 0 atom stereocenters. The summed E-state index contributed by atoms with van der Waals surface area (Å²) in [6.45, 7) is 3.50. The van der Waals surface area contributed by atoms with Gasteiger partial charge in [0.1, 0.15) is 5.02 Å². The van der Waals surface area contributed by atoms with Crippen LogP contribution in [0.15, 0.2) is 48.7 Å². The van der Waals surface area contributed by atoms with Gasteiger partial charge in [0.05, 0.1) is 6.20 Å². The maximum Gasteiger partial charge on any atom is 0.229 e. The van der Waals surface area contributed by atoms with Crippen LogP contribution in [0.1, 0.15) is 50.2 Å². The van der Waals surface area contributed by atoms with Crippen LogP contribution < -0.4 is 16.0 Å². The summed E-state index contributed by atoms with van der Waals surface area (Å²) in [5.74, 6) is 1.49. The molecule has 9 heteroatoms. The molecule has 0 saturated carbocycles. The van der Waals surface area contributed by atoms with Crippen LogP contribution in [0.2, 0.25) is 5.02 Å². The number of amides is 2. The smallest absolute Gasteiger partial charge is 0.229 e. The standard InChI is InChI=1S/C29H33ClN6O2/c1-2-4-27(38)36-13-11-20(12-14-36)16-26(37)34-25-10-9-23-17-21(25)8-7-19-5-3-6-22(15-19)33-29-31-18-24(30)28(32-23)35-29/h3,5-6,9-10,15,17-18,20H,2,4,7-8,11-14,16H2,1H3,(H,34,37)(H2,31,32,33,35). The Morgan fingerprint density at radius 2 is 1.89 bits per heavy atom. The van der Waals surface area contributed by atoms with Crippen molar-refractivity contribution in [1.82, 2.24) is 14.9 Å². The lowest BCUT2D eigenvalue weighted by atomic mass is 9.93. The van der Waals surface area contributed by atoms with Crippen LogP contribution >= 0.6 is 11.6 Å². The molecule has 3 aromatic rings. The van der Waals surface area contributed by atoms with E-state index >= 15 is 0 Å². The summed E-state index contributed by atoms with van der Waals surface area (Å²) in [6.07, 6.45) is 6.80. The zero-order chi connectivity index (χ0) is 26.5. The van der Waals surface area contributed by atoms with E-state index < -0.39 is 0 Å². The van der Waals surface area contributed by atoms with Gasteiger partial charge in [0.25, 0.3) is 0 Å². The van der Waals surface area contributed by atoms with Crippen molar-refractivity contribution >= 4 is 52.2 Å². The molecule has 2 aliphatic rings. The summed E-state index contributed by atoms with van der Waals surface area (Å²) in [5, 5.41) is 10.1. The highest BCUT2D eigenvalue weighted by Crippen LogP contribution is 2.30. The summed E-state index contributed by atoms with van der Waals surface area (Å²) >= 11 is 6.37. The van der Waals surface area contributed by atoms with Crippen LogP contribution in [-0.4, -0.2) is 39.8 Å². The Morgan fingerprint density at radius 3 is 2.71 bits per heavy atom. The topological polar surface area (TPSA) is 99.3 Å². The van der Waals surface area contributed by atoms with Crippen molar-refractivity contribution in [1.29, 1.82) is 0 Å². The molecule has 0 aliphatic carbocycles. The second-order valence-corrected chi connectivity index (χ2v) is 10.4. The average Bonchev–Trinajstić information content (AvgIpc) is 2.91. The van der Waals surface area contributed by atoms with Crippen molar-refractivity contribution in [3.63, 3.8) is 0 Å². The van der Waals surface area contributed by atoms with Crippen molar-refractivity contribution in [3.8, 4) is 0 Å². The number of hydrogen-bond donors (Lipinski definition) is 3. The molecule has 198 valence electrons. The number of aromatic nitrogens is 2. The molecule has 2 amide bonds. The predicted molar refractivity (Wildman–Crippen MR) is 151 cm³/mol. The van der Waals surface area contributed by atoms with Crippen LogP contribution in [0, 0.1) is 5.92 Å². The predicted octanol–water partition coefficient (Wildman–Crippen LogP) is 6.08. The monoisotopic (exact) mass is 532 g/mol.